The van der Waals surface area contributed by atoms with E-state index in [1.807, 2.05) is 0 Å². The molecule has 1 aromatic carbocycles. The molecule has 222 valence electrons. The average molecular weight is 573 g/mol. The van der Waals surface area contributed by atoms with Gasteiger partial charge in [0, 0.05) is 17.9 Å². The fourth-order valence-corrected chi connectivity index (χ4v) is 6.46. The molecule has 11 heteroatoms. The number of hydrogen-bond acceptors (Lipinski definition) is 11. The van der Waals surface area contributed by atoms with Gasteiger partial charge in [0.25, 0.3) is 0 Å². The maximum Gasteiger partial charge on any atom is 0.334 e. The van der Waals surface area contributed by atoms with E-state index in [4.69, 9.17) is 23.7 Å². The fourth-order valence-electron chi connectivity index (χ4n) is 6.46. The van der Waals surface area contributed by atoms with E-state index in [0.29, 0.717) is 17.7 Å². The van der Waals surface area contributed by atoms with Crippen LogP contribution in [0.25, 0.3) is 0 Å². The van der Waals surface area contributed by atoms with Gasteiger partial charge in [-0.3, -0.25) is 4.79 Å². The molecule has 11 nitrogen and oxygen atoms in total. The van der Waals surface area contributed by atoms with Crippen molar-refractivity contribution in [2.24, 2.45) is 17.8 Å². The molecule has 5 rings (SSSR count). The molecule has 0 aromatic heterocycles. The summed E-state index contributed by atoms with van der Waals surface area (Å²) in [5, 5.41) is 40.2. The van der Waals surface area contributed by atoms with Gasteiger partial charge in [0.05, 0.1) is 32.2 Å². The van der Waals surface area contributed by atoms with Crippen LogP contribution in [0.3, 0.4) is 0 Å². The maximum absolute atomic E-state index is 13.0. The minimum atomic E-state index is -1.59. The largest absolute Gasteiger partial charge is 0.497 e. The summed E-state index contributed by atoms with van der Waals surface area (Å²) in [6.45, 7) is 11.8. The lowest BCUT2D eigenvalue weighted by molar-refractivity contribution is -0.308. The number of carbonyl (C=O) groups excluding carboxylic acids is 2. The van der Waals surface area contributed by atoms with E-state index >= 15 is 0 Å². The van der Waals surface area contributed by atoms with Gasteiger partial charge in [-0.15, -0.1) is 0 Å². The van der Waals surface area contributed by atoms with Crippen LogP contribution in [0.2, 0.25) is 0 Å². The van der Waals surface area contributed by atoms with Crippen LogP contribution in [0.15, 0.2) is 60.7 Å². The van der Waals surface area contributed by atoms with Gasteiger partial charge in [-0.2, -0.15) is 0 Å². The van der Waals surface area contributed by atoms with Crippen molar-refractivity contribution < 1.29 is 53.7 Å². The number of ether oxygens (including phenoxy) is 5. The zero-order valence-electron chi connectivity index (χ0n) is 22.8. The summed E-state index contributed by atoms with van der Waals surface area (Å²) in [4.78, 5) is 25.7. The molecule has 2 saturated carbocycles. The molecule has 4 aliphatic rings. The molecule has 0 unspecified atom stereocenters. The highest BCUT2D eigenvalue weighted by Crippen LogP contribution is 2.53. The first kappa shape index (κ1) is 29.4. The highest BCUT2D eigenvalue weighted by molar-refractivity contribution is 5.91. The lowest BCUT2D eigenvalue weighted by atomic mass is 9.81. The smallest absolute Gasteiger partial charge is 0.334 e. The van der Waals surface area contributed by atoms with Gasteiger partial charge >= 0.3 is 11.9 Å². The molecule has 0 radical (unpaired) electrons. The second-order valence-corrected chi connectivity index (χ2v) is 11.1. The third-order valence-corrected chi connectivity index (χ3v) is 8.68. The molecule has 11 atom stereocenters. The van der Waals surface area contributed by atoms with E-state index in [2.05, 4.69) is 19.7 Å². The van der Waals surface area contributed by atoms with Crippen molar-refractivity contribution in [3.8, 4) is 5.75 Å². The summed E-state index contributed by atoms with van der Waals surface area (Å²) in [6, 6.07) is 7.07. The molecule has 0 bridgehead atoms. The van der Waals surface area contributed by atoms with Gasteiger partial charge in [-0.1, -0.05) is 37.4 Å². The van der Waals surface area contributed by atoms with Crippen LogP contribution in [-0.2, 0) is 35.0 Å². The first-order chi connectivity index (χ1) is 19.5. The quantitative estimate of drug-likeness (QED) is 0.206. The summed E-state index contributed by atoms with van der Waals surface area (Å²) in [7, 11) is 1.56. The highest BCUT2D eigenvalue weighted by Gasteiger charge is 2.58. The van der Waals surface area contributed by atoms with Crippen LogP contribution in [0.1, 0.15) is 18.4 Å². The SMILES string of the molecule is C=C1C(=O)O[C@H]2[C@@H]1[C@@H](OC(=O)Cc1ccc(OC)cc1)CC(=C)[C@H]1C[C@H](O[C@H]3O[C@H](CO)[C@H](O)[C@@H](O)[C@H]3O)C(=C)[C@@H]21. The molecule has 4 N–H and O–H groups in total. The van der Waals surface area contributed by atoms with Crippen LogP contribution in [0.4, 0.5) is 0 Å². The van der Waals surface area contributed by atoms with Gasteiger partial charge < -0.3 is 44.1 Å². The molecular weight excluding hydrogens is 536 g/mol. The number of fused-ring (bicyclic) bond motifs is 3. The fraction of sp³-hybridized carbons (Fsp3) is 0.533. The topological polar surface area (TPSA) is 161 Å². The van der Waals surface area contributed by atoms with Crippen LogP contribution < -0.4 is 4.74 Å². The third kappa shape index (κ3) is 5.45. The molecule has 41 heavy (non-hydrogen) atoms. The summed E-state index contributed by atoms with van der Waals surface area (Å²) < 4.78 is 28.4. The number of rotatable bonds is 7. The van der Waals surface area contributed by atoms with Crippen molar-refractivity contribution >= 4 is 11.9 Å². The first-order valence-corrected chi connectivity index (χ1v) is 13.6. The minimum Gasteiger partial charge on any atom is -0.497 e. The first-order valence-electron chi connectivity index (χ1n) is 13.6. The highest BCUT2D eigenvalue weighted by atomic mass is 16.7. The second-order valence-electron chi connectivity index (χ2n) is 11.1. The Morgan fingerprint density at radius 3 is 2.41 bits per heavy atom. The molecule has 2 aliphatic carbocycles. The van der Waals surface area contributed by atoms with E-state index in [1.54, 1.807) is 31.4 Å². The van der Waals surface area contributed by atoms with E-state index in [1.165, 1.54) is 0 Å². The number of carbonyl (C=O) groups is 2. The predicted molar refractivity (Wildman–Crippen MR) is 142 cm³/mol. The summed E-state index contributed by atoms with van der Waals surface area (Å²) >= 11 is 0. The monoisotopic (exact) mass is 572 g/mol. The van der Waals surface area contributed by atoms with Crippen LogP contribution in [0.5, 0.6) is 5.75 Å². The Kier molecular flexibility index (Phi) is 8.38. The van der Waals surface area contributed by atoms with E-state index in [-0.39, 0.29) is 24.3 Å². The zero-order chi connectivity index (χ0) is 29.6. The molecule has 4 fully saturated rings. The lowest BCUT2D eigenvalue weighted by Gasteiger charge is -2.40. The normalized spacial score (nSPS) is 38.6. The standard InChI is InChI=1S/C30H36O11/c1-13-9-20(38-22(32)10-16-5-7-17(37-4)8-6-16)24-15(3)29(36)41-28(24)23-14(2)19(11-18(13)23)39-30-27(35)26(34)25(33)21(12-31)40-30/h5-8,18-21,23-28,30-31,33-35H,1-3,9-12H2,4H3/t18-,19+,20+,21-,23-,24+,25+,26-,27-,28-,30+/m1/s1. The number of aliphatic hydroxyl groups excluding tert-OH is 4. The Hall–Kier alpha value is -3.06. The number of benzene rings is 1. The summed E-state index contributed by atoms with van der Waals surface area (Å²) in [5.41, 5.74) is 2.28. The molecule has 2 aliphatic heterocycles. The molecule has 0 spiro atoms. The molecule has 2 saturated heterocycles. The summed E-state index contributed by atoms with van der Waals surface area (Å²) in [6.07, 6.45) is -8.60. The minimum absolute atomic E-state index is 0.0280. The lowest BCUT2D eigenvalue weighted by Crippen LogP contribution is -2.59. The van der Waals surface area contributed by atoms with Crippen LogP contribution >= 0.6 is 0 Å². The Morgan fingerprint density at radius 2 is 1.76 bits per heavy atom. The average Bonchev–Trinajstić information content (AvgIpc) is 3.39. The molecule has 1 aromatic rings. The van der Waals surface area contributed by atoms with Crippen molar-refractivity contribution in [2.75, 3.05) is 13.7 Å². The van der Waals surface area contributed by atoms with Crippen molar-refractivity contribution in [2.45, 2.75) is 68.3 Å². The van der Waals surface area contributed by atoms with Crippen molar-refractivity contribution in [3.63, 3.8) is 0 Å². The van der Waals surface area contributed by atoms with Gasteiger partial charge in [0.1, 0.15) is 42.4 Å². The Morgan fingerprint density at radius 1 is 1.05 bits per heavy atom. The molecular formula is C30H36O11. The molecule has 0 amide bonds. The second kappa shape index (κ2) is 11.7. The maximum atomic E-state index is 13.0. The van der Waals surface area contributed by atoms with E-state index < -0.39 is 79.4 Å². The Bertz CT molecular complexity index is 1210. The van der Waals surface area contributed by atoms with Gasteiger partial charge in [-0.25, -0.2) is 4.79 Å². The number of hydrogen-bond donors (Lipinski definition) is 4. The Balaban J connectivity index is 1.32. The number of esters is 2. The Labute approximate surface area is 237 Å². The van der Waals surface area contributed by atoms with E-state index in [0.717, 1.165) is 11.1 Å². The third-order valence-electron chi connectivity index (χ3n) is 8.68. The molecule has 2 heterocycles. The van der Waals surface area contributed by atoms with Crippen molar-refractivity contribution in [1.29, 1.82) is 0 Å². The van der Waals surface area contributed by atoms with Crippen molar-refractivity contribution in [1.82, 2.24) is 0 Å². The van der Waals surface area contributed by atoms with Crippen molar-refractivity contribution in [3.05, 3.63) is 66.3 Å². The van der Waals surface area contributed by atoms with Crippen LogP contribution in [-0.4, -0.2) is 95.1 Å². The summed E-state index contributed by atoms with van der Waals surface area (Å²) in [5.74, 6) is -1.69. The van der Waals surface area contributed by atoms with E-state index in [9.17, 15) is 30.0 Å². The van der Waals surface area contributed by atoms with Crippen LogP contribution in [0, 0.1) is 17.8 Å². The van der Waals surface area contributed by atoms with Gasteiger partial charge in [0.15, 0.2) is 6.29 Å². The number of methoxy groups -OCH3 is 1. The number of aliphatic hydroxyl groups is 4. The van der Waals surface area contributed by atoms with Gasteiger partial charge in [-0.05, 0) is 35.6 Å². The zero-order valence-corrected chi connectivity index (χ0v) is 22.8. The van der Waals surface area contributed by atoms with Gasteiger partial charge in [0.2, 0.25) is 0 Å². The predicted octanol–water partition coefficient (Wildman–Crippen LogP) is 0.585.